The predicted molar refractivity (Wildman–Crippen MR) is 79.5 cm³/mol. The predicted octanol–water partition coefficient (Wildman–Crippen LogP) is 3.12. The molecule has 1 aliphatic carbocycles. The molecule has 0 unspecified atom stereocenters. The Morgan fingerprint density at radius 1 is 1.32 bits per heavy atom. The minimum atomic E-state index is -0.0324. The van der Waals surface area contributed by atoms with Crippen molar-refractivity contribution in [1.82, 2.24) is 5.32 Å². The smallest absolute Gasteiger partial charge is 0.244 e. The molecule has 0 bridgehead atoms. The third-order valence-electron chi connectivity index (χ3n) is 3.72. The van der Waals surface area contributed by atoms with Crippen LogP contribution < -0.4 is 11.1 Å². The minimum absolute atomic E-state index is 0.0215. The molecular formula is C16H22N2O. The Bertz CT molecular complexity index is 473. The molecule has 0 heterocycles. The first-order valence-electron chi connectivity index (χ1n) is 6.93. The molecule has 2 rings (SSSR count). The van der Waals surface area contributed by atoms with Gasteiger partial charge in [0.2, 0.25) is 5.91 Å². The molecule has 0 radical (unpaired) electrons. The molecular weight excluding hydrogens is 236 g/mol. The first-order valence-corrected chi connectivity index (χ1v) is 6.93. The number of hydrogen-bond acceptors (Lipinski definition) is 2. The van der Waals surface area contributed by atoms with E-state index in [4.69, 9.17) is 5.73 Å². The van der Waals surface area contributed by atoms with Crippen LogP contribution >= 0.6 is 0 Å². The van der Waals surface area contributed by atoms with Crippen molar-refractivity contribution < 1.29 is 4.79 Å². The third kappa shape index (κ3) is 4.12. The van der Waals surface area contributed by atoms with Gasteiger partial charge in [-0.25, -0.2) is 0 Å². The molecule has 3 nitrogen and oxygen atoms in total. The van der Waals surface area contributed by atoms with Crippen LogP contribution in [0.1, 0.15) is 44.6 Å². The summed E-state index contributed by atoms with van der Waals surface area (Å²) in [6.45, 7) is 2.14. The Morgan fingerprint density at radius 2 is 2.05 bits per heavy atom. The maximum atomic E-state index is 11.9. The van der Waals surface area contributed by atoms with Crippen molar-refractivity contribution in [2.75, 3.05) is 5.73 Å². The summed E-state index contributed by atoms with van der Waals surface area (Å²) in [7, 11) is 0. The van der Waals surface area contributed by atoms with Crippen LogP contribution in [-0.2, 0) is 4.79 Å². The molecule has 1 aromatic rings. The van der Waals surface area contributed by atoms with E-state index in [2.05, 4.69) is 12.2 Å². The van der Waals surface area contributed by atoms with Crippen molar-refractivity contribution in [3.63, 3.8) is 0 Å². The zero-order valence-electron chi connectivity index (χ0n) is 11.5. The van der Waals surface area contributed by atoms with E-state index >= 15 is 0 Å². The van der Waals surface area contributed by atoms with Crippen molar-refractivity contribution in [3.8, 4) is 0 Å². The Hall–Kier alpha value is -1.77. The lowest BCUT2D eigenvalue weighted by atomic mass is 9.83. The summed E-state index contributed by atoms with van der Waals surface area (Å²) in [4.78, 5) is 11.9. The molecule has 1 saturated carbocycles. The van der Waals surface area contributed by atoms with Gasteiger partial charge in [-0.2, -0.15) is 0 Å². The van der Waals surface area contributed by atoms with Crippen LogP contribution in [0.15, 0.2) is 30.3 Å². The maximum absolute atomic E-state index is 11.9. The van der Waals surface area contributed by atoms with Gasteiger partial charge in [0.15, 0.2) is 0 Å². The lowest BCUT2D eigenvalue weighted by Crippen LogP contribution is -2.46. The number of nitrogens with one attached hydrogen (secondary N) is 1. The van der Waals surface area contributed by atoms with E-state index in [-0.39, 0.29) is 11.4 Å². The zero-order valence-corrected chi connectivity index (χ0v) is 11.5. The van der Waals surface area contributed by atoms with Crippen molar-refractivity contribution in [3.05, 3.63) is 35.9 Å². The molecule has 0 atom stereocenters. The highest BCUT2D eigenvalue weighted by atomic mass is 16.1. The molecule has 1 aliphatic rings. The summed E-state index contributed by atoms with van der Waals surface area (Å²) in [6.07, 6.45) is 9.23. The maximum Gasteiger partial charge on any atom is 0.244 e. The highest BCUT2D eigenvalue weighted by molar-refractivity contribution is 5.92. The van der Waals surface area contributed by atoms with Crippen LogP contribution in [0.4, 0.5) is 5.69 Å². The third-order valence-corrected chi connectivity index (χ3v) is 3.72. The van der Waals surface area contributed by atoms with E-state index < -0.39 is 0 Å². The Kier molecular flexibility index (Phi) is 4.25. The van der Waals surface area contributed by atoms with Gasteiger partial charge in [0.25, 0.3) is 0 Å². The van der Waals surface area contributed by atoms with Crippen LogP contribution in [-0.4, -0.2) is 11.4 Å². The van der Waals surface area contributed by atoms with Crippen molar-refractivity contribution in [2.45, 2.75) is 44.6 Å². The number of hydrogen-bond donors (Lipinski definition) is 2. The van der Waals surface area contributed by atoms with Gasteiger partial charge in [-0.3, -0.25) is 4.79 Å². The fraction of sp³-hybridized carbons (Fsp3) is 0.438. The highest BCUT2D eigenvalue weighted by Gasteiger charge is 2.27. The number of nitrogens with two attached hydrogens (primary N) is 1. The summed E-state index contributed by atoms with van der Waals surface area (Å²) in [5.74, 6) is -0.0215. The Balaban J connectivity index is 1.93. The summed E-state index contributed by atoms with van der Waals surface area (Å²) < 4.78 is 0. The van der Waals surface area contributed by atoms with Gasteiger partial charge in [0, 0.05) is 17.3 Å². The van der Waals surface area contributed by atoms with Crippen LogP contribution in [0.25, 0.3) is 6.08 Å². The van der Waals surface area contributed by atoms with Gasteiger partial charge in [-0.15, -0.1) is 0 Å². The first-order chi connectivity index (χ1) is 9.07. The Labute approximate surface area is 114 Å². The lowest BCUT2D eigenvalue weighted by Gasteiger charge is -2.34. The first kappa shape index (κ1) is 13.7. The SMILES string of the molecule is CC1(NC(=O)/C=C/c2cccc(N)c2)CCCCC1. The van der Waals surface area contributed by atoms with Gasteiger partial charge in [0.1, 0.15) is 0 Å². The van der Waals surface area contributed by atoms with E-state index in [9.17, 15) is 4.79 Å². The number of benzene rings is 1. The van der Waals surface area contributed by atoms with E-state index in [0.29, 0.717) is 5.69 Å². The fourth-order valence-corrected chi connectivity index (χ4v) is 2.63. The molecule has 1 aromatic carbocycles. The standard InChI is InChI=1S/C16H22N2O/c1-16(10-3-2-4-11-16)18-15(19)9-8-13-6-5-7-14(17)12-13/h5-9,12H,2-4,10-11,17H2,1H3,(H,18,19)/b9-8+. The molecule has 0 spiro atoms. The second kappa shape index (κ2) is 5.91. The number of nitrogen functional groups attached to an aromatic ring is 1. The van der Waals surface area contributed by atoms with Gasteiger partial charge in [0.05, 0.1) is 0 Å². The van der Waals surface area contributed by atoms with Crippen LogP contribution in [0, 0.1) is 0 Å². The van der Waals surface area contributed by atoms with Crippen LogP contribution in [0.2, 0.25) is 0 Å². The average Bonchev–Trinajstić information content (AvgIpc) is 2.37. The average molecular weight is 258 g/mol. The molecule has 0 aliphatic heterocycles. The molecule has 1 amide bonds. The quantitative estimate of drug-likeness (QED) is 0.646. The second-order valence-corrected chi connectivity index (χ2v) is 5.61. The molecule has 0 aromatic heterocycles. The summed E-state index contributed by atoms with van der Waals surface area (Å²) in [5, 5.41) is 3.12. The molecule has 102 valence electrons. The van der Waals surface area contributed by atoms with E-state index in [1.165, 1.54) is 19.3 Å². The molecule has 3 N–H and O–H groups in total. The topological polar surface area (TPSA) is 55.1 Å². The number of carbonyl (C=O) groups is 1. The van der Waals surface area contributed by atoms with Crippen LogP contribution in [0.5, 0.6) is 0 Å². The van der Waals surface area contributed by atoms with E-state index in [1.54, 1.807) is 12.2 Å². The number of anilines is 1. The van der Waals surface area contributed by atoms with Crippen molar-refractivity contribution in [2.24, 2.45) is 0 Å². The van der Waals surface area contributed by atoms with Crippen LogP contribution in [0.3, 0.4) is 0 Å². The molecule has 0 saturated heterocycles. The lowest BCUT2D eigenvalue weighted by molar-refractivity contribution is -0.118. The summed E-state index contributed by atoms with van der Waals surface area (Å²) in [6, 6.07) is 7.50. The van der Waals surface area contributed by atoms with Gasteiger partial charge < -0.3 is 11.1 Å². The van der Waals surface area contributed by atoms with Crippen molar-refractivity contribution in [1.29, 1.82) is 0 Å². The van der Waals surface area contributed by atoms with Crippen molar-refractivity contribution >= 4 is 17.7 Å². The summed E-state index contributed by atoms with van der Waals surface area (Å²) >= 11 is 0. The largest absolute Gasteiger partial charge is 0.399 e. The fourth-order valence-electron chi connectivity index (χ4n) is 2.63. The second-order valence-electron chi connectivity index (χ2n) is 5.61. The monoisotopic (exact) mass is 258 g/mol. The van der Waals surface area contributed by atoms with Gasteiger partial charge in [-0.05, 0) is 43.5 Å². The normalized spacial score (nSPS) is 18.4. The summed E-state index contributed by atoms with van der Waals surface area (Å²) in [5.41, 5.74) is 7.33. The number of amides is 1. The van der Waals surface area contributed by atoms with E-state index in [0.717, 1.165) is 18.4 Å². The zero-order chi connectivity index (χ0) is 13.7. The Morgan fingerprint density at radius 3 is 2.74 bits per heavy atom. The molecule has 3 heteroatoms. The highest BCUT2D eigenvalue weighted by Crippen LogP contribution is 2.27. The van der Waals surface area contributed by atoms with Gasteiger partial charge >= 0.3 is 0 Å². The molecule has 1 fully saturated rings. The molecule has 19 heavy (non-hydrogen) atoms. The van der Waals surface area contributed by atoms with E-state index in [1.807, 2.05) is 24.3 Å². The van der Waals surface area contributed by atoms with Gasteiger partial charge in [-0.1, -0.05) is 31.4 Å². The number of carbonyl (C=O) groups excluding carboxylic acids is 1. The number of rotatable bonds is 3. The minimum Gasteiger partial charge on any atom is -0.399 e.